The molecule has 0 amide bonds. The predicted octanol–water partition coefficient (Wildman–Crippen LogP) is 7.22. The van der Waals surface area contributed by atoms with Gasteiger partial charge in [-0.25, -0.2) is 4.98 Å². The van der Waals surface area contributed by atoms with E-state index in [0.29, 0.717) is 23.2 Å². The second kappa shape index (κ2) is 9.31. The second-order valence-corrected chi connectivity index (χ2v) is 8.78. The summed E-state index contributed by atoms with van der Waals surface area (Å²) in [7, 11) is 0. The highest BCUT2D eigenvalue weighted by atomic mass is 32.1. The molecule has 35 heavy (non-hydrogen) atoms. The lowest BCUT2D eigenvalue weighted by molar-refractivity contribution is -0.136. The number of fused-ring (bicyclic) bond motifs is 1. The molecule has 1 N–H and O–H groups in total. The van der Waals surface area contributed by atoms with Crippen LogP contribution in [0, 0.1) is 0 Å². The van der Waals surface area contributed by atoms with E-state index in [1.54, 1.807) is 54.7 Å². The fraction of sp³-hybridized carbons (Fsp3) is 0.0741. The first-order valence-corrected chi connectivity index (χ1v) is 11.6. The van der Waals surface area contributed by atoms with Crippen molar-refractivity contribution in [1.82, 2.24) is 9.97 Å². The Morgan fingerprint density at radius 2 is 1.74 bits per heavy atom. The van der Waals surface area contributed by atoms with Crippen molar-refractivity contribution in [3.63, 3.8) is 0 Å². The summed E-state index contributed by atoms with van der Waals surface area (Å²) in [5.74, 6) is -0.312. The Hall–Kier alpha value is -4.04. The highest BCUT2D eigenvalue weighted by Crippen LogP contribution is 2.39. The summed E-state index contributed by atoms with van der Waals surface area (Å²) in [5.41, 5.74) is 1.41. The molecule has 2 aromatic heterocycles. The Morgan fingerprint density at radius 1 is 0.943 bits per heavy atom. The summed E-state index contributed by atoms with van der Waals surface area (Å²) >= 11 is 1.52. The van der Waals surface area contributed by atoms with Crippen molar-refractivity contribution in [2.75, 3.05) is 5.32 Å². The second-order valence-electron chi connectivity index (χ2n) is 7.80. The van der Waals surface area contributed by atoms with E-state index in [1.807, 2.05) is 17.5 Å². The van der Waals surface area contributed by atoms with Gasteiger partial charge in [0, 0.05) is 45.5 Å². The molecule has 2 heterocycles. The summed E-state index contributed by atoms with van der Waals surface area (Å²) in [6.07, 6.45) is -1.61. The molecule has 174 valence electrons. The van der Waals surface area contributed by atoms with Gasteiger partial charge < -0.3 is 5.32 Å². The van der Waals surface area contributed by atoms with Crippen LogP contribution in [0.4, 0.5) is 18.9 Å². The van der Waals surface area contributed by atoms with E-state index in [-0.39, 0.29) is 22.2 Å². The zero-order chi connectivity index (χ0) is 24.4. The molecule has 3 aromatic carbocycles. The number of carbonyl (C=O) groups excluding carboxylic acids is 1. The van der Waals surface area contributed by atoms with Crippen LogP contribution in [0.5, 0.6) is 0 Å². The first kappa shape index (κ1) is 22.7. The summed E-state index contributed by atoms with van der Waals surface area (Å²) in [6.45, 7) is 0.506. The number of para-hydroxylation sites is 1. The number of alkyl halides is 3. The molecule has 5 rings (SSSR count). The third-order valence-corrected chi connectivity index (χ3v) is 6.34. The van der Waals surface area contributed by atoms with E-state index in [2.05, 4.69) is 15.3 Å². The molecule has 0 aliphatic carbocycles. The number of nitrogens with zero attached hydrogens (tertiary/aromatic N) is 2. The van der Waals surface area contributed by atoms with Gasteiger partial charge in [0.05, 0.1) is 17.6 Å². The number of rotatable bonds is 6. The van der Waals surface area contributed by atoms with Gasteiger partial charge in [-0.1, -0.05) is 54.6 Å². The Morgan fingerprint density at radius 3 is 2.49 bits per heavy atom. The lowest BCUT2D eigenvalue weighted by Gasteiger charge is -2.16. The lowest BCUT2D eigenvalue weighted by atomic mass is 9.91. The average Bonchev–Trinajstić information content (AvgIpc) is 3.40. The largest absolute Gasteiger partial charge is 0.418 e. The molecular formula is C27H18F3N3OS. The van der Waals surface area contributed by atoms with E-state index < -0.39 is 11.7 Å². The molecule has 8 heteroatoms. The van der Waals surface area contributed by atoms with Crippen LogP contribution >= 0.6 is 11.3 Å². The molecule has 4 nitrogen and oxygen atoms in total. The van der Waals surface area contributed by atoms with Crippen LogP contribution in [0.25, 0.3) is 22.0 Å². The number of thiazole rings is 1. The van der Waals surface area contributed by atoms with E-state index in [4.69, 9.17) is 0 Å². The highest BCUT2D eigenvalue weighted by Gasteiger charge is 2.34. The first-order valence-electron chi connectivity index (χ1n) is 10.7. The zero-order valence-corrected chi connectivity index (χ0v) is 19.0. The molecule has 0 aliphatic rings. The number of hydrogen-bond acceptors (Lipinski definition) is 5. The molecule has 5 aromatic rings. The molecule has 0 saturated carbocycles. The maximum absolute atomic E-state index is 13.8. The summed E-state index contributed by atoms with van der Waals surface area (Å²) in [5, 5.41) is 6.34. The van der Waals surface area contributed by atoms with Crippen molar-refractivity contribution in [3.8, 4) is 11.1 Å². The van der Waals surface area contributed by atoms with Gasteiger partial charge in [0.15, 0.2) is 5.78 Å². The summed E-state index contributed by atoms with van der Waals surface area (Å²) < 4.78 is 41.3. The molecule has 0 aliphatic heterocycles. The van der Waals surface area contributed by atoms with Crippen molar-refractivity contribution in [2.45, 2.75) is 12.7 Å². The van der Waals surface area contributed by atoms with Crippen LogP contribution in [-0.4, -0.2) is 15.8 Å². The Bertz CT molecular complexity index is 1500. The number of hydrogen-bond donors (Lipinski definition) is 1. The van der Waals surface area contributed by atoms with Crippen molar-refractivity contribution >= 4 is 33.7 Å². The third kappa shape index (κ3) is 4.65. The van der Waals surface area contributed by atoms with Crippen LogP contribution in [-0.2, 0) is 12.7 Å². The van der Waals surface area contributed by atoms with Crippen molar-refractivity contribution in [2.24, 2.45) is 0 Å². The minimum Gasteiger partial charge on any atom is -0.379 e. The molecule has 0 radical (unpaired) electrons. The van der Waals surface area contributed by atoms with E-state index >= 15 is 0 Å². The van der Waals surface area contributed by atoms with Crippen LogP contribution in [0.3, 0.4) is 0 Å². The fourth-order valence-corrected chi connectivity index (χ4v) is 4.54. The van der Waals surface area contributed by atoms with Crippen molar-refractivity contribution in [3.05, 3.63) is 112 Å². The number of pyridine rings is 1. The van der Waals surface area contributed by atoms with E-state index in [0.717, 1.165) is 16.8 Å². The molecule has 0 spiro atoms. The van der Waals surface area contributed by atoms with Gasteiger partial charge in [0.1, 0.15) is 5.01 Å². The highest BCUT2D eigenvalue weighted by molar-refractivity contribution is 7.09. The Labute approximate surface area is 203 Å². The molecular weight excluding hydrogens is 471 g/mol. The van der Waals surface area contributed by atoms with Gasteiger partial charge in [-0.15, -0.1) is 11.3 Å². The lowest BCUT2D eigenvalue weighted by Crippen LogP contribution is -2.09. The van der Waals surface area contributed by atoms with Crippen LogP contribution in [0.2, 0.25) is 0 Å². The Kier molecular flexibility index (Phi) is 6.05. The predicted molar refractivity (Wildman–Crippen MR) is 131 cm³/mol. The SMILES string of the molecule is O=C(c1ccccc1)c1cnc2c(C(F)(F)F)cccc2c1-c1cccc(NCc2nccs2)c1. The van der Waals surface area contributed by atoms with Crippen LogP contribution < -0.4 is 5.32 Å². The minimum absolute atomic E-state index is 0.194. The maximum Gasteiger partial charge on any atom is 0.418 e. The number of halogens is 3. The average molecular weight is 490 g/mol. The Balaban J connectivity index is 1.68. The number of carbonyl (C=O) groups is 1. The number of benzene rings is 3. The standard InChI is InChI=1S/C27H18F3N3OS/c28-27(29,30)22-11-5-10-20-24(18-8-4-9-19(14-18)32-16-23-31-12-13-35-23)21(15-33-25(20)22)26(34)17-6-2-1-3-7-17/h1-15,32H,16H2. The fourth-order valence-electron chi connectivity index (χ4n) is 3.98. The van der Waals surface area contributed by atoms with E-state index in [1.165, 1.54) is 23.6 Å². The van der Waals surface area contributed by atoms with Crippen LogP contribution in [0.1, 0.15) is 26.5 Å². The monoisotopic (exact) mass is 489 g/mol. The van der Waals surface area contributed by atoms with Gasteiger partial charge in [-0.05, 0) is 23.8 Å². The first-order chi connectivity index (χ1) is 16.9. The van der Waals surface area contributed by atoms with E-state index in [9.17, 15) is 18.0 Å². The van der Waals surface area contributed by atoms with Gasteiger partial charge in [0.2, 0.25) is 0 Å². The normalized spacial score (nSPS) is 11.5. The topological polar surface area (TPSA) is 54.9 Å². The zero-order valence-electron chi connectivity index (χ0n) is 18.2. The number of aromatic nitrogens is 2. The summed E-state index contributed by atoms with van der Waals surface area (Å²) in [4.78, 5) is 21.8. The number of anilines is 1. The molecule has 0 atom stereocenters. The third-order valence-electron chi connectivity index (χ3n) is 5.56. The molecule has 0 fully saturated rings. The van der Waals surface area contributed by atoms with Crippen molar-refractivity contribution in [1.29, 1.82) is 0 Å². The van der Waals surface area contributed by atoms with Gasteiger partial charge in [-0.2, -0.15) is 13.2 Å². The van der Waals surface area contributed by atoms with Crippen molar-refractivity contribution < 1.29 is 18.0 Å². The maximum atomic E-state index is 13.8. The summed E-state index contributed by atoms with van der Waals surface area (Å²) in [6, 6.07) is 19.8. The van der Waals surface area contributed by atoms with Gasteiger partial charge >= 0.3 is 6.18 Å². The minimum atomic E-state index is -4.58. The molecule has 0 saturated heterocycles. The number of nitrogens with one attached hydrogen (secondary N) is 1. The molecule has 0 bridgehead atoms. The quantitative estimate of drug-likeness (QED) is 0.256. The van der Waals surface area contributed by atoms with Gasteiger partial charge in [0.25, 0.3) is 0 Å². The van der Waals surface area contributed by atoms with Gasteiger partial charge in [-0.3, -0.25) is 9.78 Å². The van der Waals surface area contributed by atoms with Crippen LogP contribution in [0.15, 0.2) is 90.6 Å². The smallest absolute Gasteiger partial charge is 0.379 e. The molecule has 0 unspecified atom stereocenters. The number of ketones is 1.